The van der Waals surface area contributed by atoms with E-state index in [1.165, 1.54) is 23.9 Å². The first-order valence-electron chi connectivity index (χ1n) is 5.08. The maximum absolute atomic E-state index is 13.0. The zero-order valence-electron chi connectivity index (χ0n) is 8.70. The number of thiophene rings is 1. The smallest absolute Gasteiger partial charge is 0.258 e. The first-order chi connectivity index (χ1) is 8.22. The summed E-state index contributed by atoms with van der Waals surface area (Å²) in [6.07, 6.45) is 1.87. The Balaban J connectivity index is 1.93. The normalized spacial score (nSPS) is 15.1. The van der Waals surface area contributed by atoms with Crippen molar-refractivity contribution in [3.63, 3.8) is 0 Å². The molecule has 2 aromatic rings. The van der Waals surface area contributed by atoms with Crippen molar-refractivity contribution in [1.29, 1.82) is 0 Å². The molecule has 3 rings (SSSR count). The van der Waals surface area contributed by atoms with Crippen molar-refractivity contribution in [3.8, 4) is 0 Å². The fourth-order valence-corrected chi connectivity index (χ4v) is 3.87. The Morgan fingerprint density at radius 1 is 1.35 bits per heavy atom. The lowest BCUT2D eigenvalue weighted by molar-refractivity contribution is -0.116. The van der Waals surface area contributed by atoms with Crippen molar-refractivity contribution in [2.45, 2.75) is 4.21 Å². The van der Waals surface area contributed by atoms with E-state index in [1.54, 1.807) is 17.4 Å². The van der Waals surface area contributed by atoms with Gasteiger partial charge in [0.05, 0.1) is 9.11 Å². The number of hydrogen-bond donors (Lipinski definition) is 1. The van der Waals surface area contributed by atoms with Crippen molar-refractivity contribution in [1.82, 2.24) is 5.32 Å². The standard InChI is InChI=1S/C12H8FNOS2/c13-8-1-2-9-7(5-8)6-11(16-9)17-10-3-4-14-12(10)15/h1-3,5-6H,4H2,(H,14,15). The van der Waals surface area contributed by atoms with Crippen LogP contribution in [-0.4, -0.2) is 12.5 Å². The molecule has 1 aliphatic rings. The van der Waals surface area contributed by atoms with Crippen molar-refractivity contribution in [2.75, 3.05) is 6.54 Å². The summed E-state index contributed by atoms with van der Waals surface area (Å²) >= 11 is 3.01. The van der Waals surface area contributed by atoms with Crippen molar-refractivity contribution < 1.29 is 9.18 Å². The summed E-state index contributed by atoms with van der Waals surface area (Å²) < 4.78 is 15.1. The molecule has 1 aromatic carbocycles. The van der Waals surface area contributed by atoms with Crippen LogP contribution in [0.5, 0.6) is 0 Å². The zero-order valence-corrected chi connectivity index (χ0v) is 10.3. The molecular weight excluding hydrogens is 257 g/mol. The molecule has 0 saturated heterocycles. The van der Waals surface area contributed by atoms with E-state index in [0.717, 1.165) is 19.2 Å². The molecule has 1 N–H and O–H groups in total. The third-order valence-corrected chi connectivity index (χ3v) is 4.74. The molecule has 1 aromatic heterocycles. The SMILES string of the molecule is O=C1NCC=C1Sc1cc2cc(F)ccc2s1. The average molecular weight is 265 g/mol. The summed E-state index contributed by atoms with van der Waals surface area (Å²) in [6, 6.07) is 6.65. The van der Waals surface area contributed by atoms with Gasteiger partial charge in [0.15, 0.2) is 0 Å². The molecule has 0 atom stereocenters. The summed E-state index contributed by atoms with van der Waals surface area (Å²) in [5.41, 5.74) is 0. The van der Waals surface area contributed by atoms with Gasteiger partial charge in [0.1, 0.15) is 5.82 Å². The van der Waals surface area contributed by atoms with Crippen LogP contribution in [0.15, 0.2) is 39.5 Å². The molecule has 86 valence electrons. The number of hydrogen-bond acceptors (Lipinski definition) is 3. The second kappa shape index (κ2) is 4.16. The van der Waals surface area contributed by atoms with Crippen LogP contribution in [0.3, 0.4) is 0 Å². The number of carbonyl (C=O) groups is 1. The van der Waals surface area contributed by atoms with Gasteiger partial charge in [-0.3, -0.25) is 4.79 Å². The second-order valence-corrected chi connectivity index (χ2v) is 6.05. The topological polar surface area (TPSA) is 29.1 Å². The molecule has 5 heteroatoms. The molecule has 17 heavy (non-hydrogen) atoms. The van der Waals surface area contributed by atoms with Crippen molar-refractivity contribution in [2.24, 2.45) is 0 Å². The van der Waals surface area contributed by atoms with E-state index < -0.39 is 0 Å². The van der Waals surface area contributed by atoms with E-state index >= 15 is 0 Å². The van der Waals surface area contributed by atoms with Gasteiger partial charge in [-0.05, 0) is 35.7 Å². The number of benzene rings is 1. The zero-order chi connectivity index (χ0) is 11.8. The minimum absolute atomic E-state index is 0.0290. The molecule has 0 fully saturated rings. The Morgan fingerprint density at radius 2 is 2.24 bits per heavy atom. The van der Waals surface area contributed by atoms with Gasteiger partial charge in [-0.25, -0.2) is 4.39 Å². The molecule has 2 heterocycles. The minimum atomic E-state index is -0.232. The molecule has 2 nitrogen and oxygen atoms in total. The first kappa shape index (κ1) is 10.8. The van der Waals surface area contributed by atoms with Gasteiger partial charge in [-0.2, -0.15) is 0 Å². The summed E-state index contributed by atoms with van der Waals surface area (Å²) in [6.45, 7) is 0.598. The molecule has 1 aliphatic heterocycles. The number of carbonyl (C=O) groups excluding carboxylic acids is 1. The van der Waals surface area contributed by atoms with E-state index in [4.69, 9.17) is 0 Å². The van der Waals surface area contributed by atoms with E-state index in [2.05, 4.69) is 5.32 Å². The third-order valence-electron chi connectivity index (χ3n) is 2.44. The Bertz CT molecular complexity index is 632. The van der Waals surface area contributed by atoms with Crippen LogP contribution in [0.4, 0.5) is 4.39 Å². The maximum Gasteiger partial charge on any atom is 0.258 e. The predicted octanol–water partition coefficient (Wildman–Crippen LogP) is 3.15. The lowest BCUT2D eigenvalue weighted by atomic mass is 10.3. The second-order valence-electron chi connectivity index (χ2n) is 3.63. The van der Waals surface area contributed by atoms with Gasteiger partial charge in [0.25, 0.3) is 5.91 Å². The van der Waals surface area contributed by atoms with Crippen molar-refractivity contribution >= 4 is 39.1 Å². The highest BCUT2D eigenvalue weighted by atomic mass is 32.2. The maximum atomic E-state index is 13.0. The Hall–Kier alpha value is -1.33. The molecule has 1 amide bonds. The number of rotatable bonds is 2. The fourth-order valence-electron chi connectivity index (χ4n) is 1.65. The van der Waals surface area contributed by atoms with Gasteiger partial charge in [0, 0.05) is 11.2 Å². The van der Waals surface area contributed by atoms with Crippen LogP contribution in [0.2, 0.25) is 0 Å². The Labute approximate surface area is 106 Å². The molecule has 0 unspecified atom stereocenters. The van der Waals surface area contributed by atoms with Crippen LogP contribution < -0.4 is 5.32 Å². The molecule has 0 bridgehead atoms. The number of halogens is 1. The molecule has 0 saturated carbocycles. The van der Waals surface area contributed by atoms with Crippen LogP contribution in [0.1, 0.15) is 0 Å². The number of thioether (sulfide) groups is 1. The lowest BCUT2D eigenvalue weighted by Crippen LogP contribution is -2.16. The Morgan fingerprint density at radius 3 is 3.00 bits per heavy atom. The molecule has 0 spiro atoms. The highest BCUT2D eigenvalue weighted by Crippen LogP contribution is 2.37. The molecule has 0 aliphatic carbocycles. The highest BCUT2D eigenvalue weighted by Gasteiger charge is 2.16. The summed E-state index contributed by atoms with van der Waals surface area (Å²) in [5, 5.41) is 3.61. The molecular formula is C12H8FNOS2. The molecule has 0 radical (unpaired) electrons. The third kappa shape index (κ3) is 2.08. The monoisotopic (exact) mass is 265 g/mol. The predicted molar refractivity (Wildman–Crippen MR) is 68.7 cm³/mol. The summed E-state index contributed by atoms with van der Waals surface area (Å²) in [4.78, 5) is 12.1. The van der Waals surface area contributed by atoms with Crippen LogP contribution in [0, 0.1) is 5.82 Å². The summed E-state index contributed by atoms with van der Waals surface area (Å²) in [5.74, 6) is -0.261. The summed E-state index contributed by atoms with van der Waals surface area (Å²) in [7, 11) is 0. The van der Waals surface area contributed by atoms with Gasteiger partial charge in [0.2, 0.25) is 0 Å². The first-order valence-corrected chi connectivity index (χ1v) is 6.71. The van der Waals surface area contributed by atoms with Gasteiger partial charge in [-0.15, -0.1) is 11.3 Å². The largest absolute Gasteiger partial charge is 0.348 e. The van der Waals surface area contributed by atoms with Crippen molar-refractivity contribution in [3.05, 3.63) is 41.1 Å². The lowest BCUT2D eigenvalue weighted by Gasteiger charge is -1.95. The average Bonchev–Trinajstić information content (AvgIpc) is 2.85. The quantitative estimate of drug-likeness (QED) is 0.903. The van der Waals surface area contributed by atoms with E-state index in [0.29, 0.717) is 6.54 Å². The van der Waals surface area contributed by atoms with Crippen LogP contribution in [0.25, 0.3) is 10.1 Å². The van der Waals surface area contributed by atoms with Gasteiger partial charge < -0.3 is 5.32 Å². The van der Waals surface area contributed by atoms with E-state index in [1.807, 2.05) is 12.1 Å². The number of fused-ring (bicyclic) bond motifs is 1. The Kier molecular flexibility index (Phi) is 2.64. The van der Waals surface area contributed by atoms with E-state index in [9.17, 15) is 9.18 Å². The van der Waals surface area contributed by atoms with Crippen LogP contribution >= 0.6 is 23.1 Å². The number of nitrogens with one attached hydrogen (secondary N) is 1. The van der Waals surface area contributed by atoms with Crippen LogP contribution in [-0.2, 0) is 4.79 Å². The fraction of sp³-hybridized carbons (Fsp3) is 0.0833. The minimum Gasteiger partial charge on any atom is -0.348 e. The highest BCUT2D eigenvalue weighted by molar-refractivity contribution is 8.05. The van der Waals surface area contributed by atoms with E-state index in [-0.39, 0.29) is 11.7 Å². The van der Waals surface area contributed by atoms with Gasteiger partial charge >= 0.3 is 0 Å². The number of amides is 1. The van der Waals surface area contributed by atoms with Gasteiger partial charge in [-0.1, -0.05) is 11.8 Å².